The molecule has 2 N–H and O–H groups in total. The summed E-state index contributed by atoms with van der Waals surface area (Å²) in [5.41, 5.74) is 0. The second-order valence-electron chi connectivity index (χ2n) is 3.87. The van der Waals surface area contributed by atoms with Gasteiger partial charge in [0, 0.05) is 13.7 Å². The van der Waals surface area contributed by atoms with Crippen molar-refractivity contribution in [3.63, 3.8) is 0 Å². The molecule has 0 bridgehead atoms. The van der Waals surface area contributed by atoms with Gasteiger partial charge < -0.3 is 9.84 Å². The van der Waals surface area contributed by atoms with Crippen LogP contribution in [0, 0.1) is 0 Å². The van der Waals surface area contributed by atoms with Gasteiger partial charge in [-0.2, -0.15) is 4.72 Å². The Labute approximate surface area is 126 Å². The number of carboxylic acids is 1. The zero-order valence-electron chi connectivity index (χ0n) is 10.5. The van der Waals surface area contributed by atoms with Crippen molar-refractivity contribution in [2.24, 2.45) is 0 Å². The number of benzene rings is 1. The molecule has 1 aromatic rings. The van der Waals surface area contributed by atoms with Gasteiger partial charge in [0.2, 0.25) is 10.0 Å². The quantitative estimate of drug-likeness (QED) is 0.788. The lowest BCUT2D eigenvalue weighted by molar-refractivity contribution is -0.139. The van der Waals surface area contributed by atoms with E-state index >= 15 is 0 Å². The molecule has 112 valence electrons. The zero-order valence-corrected chi connectivity index (χ0v) is 12.8. The molecule has 0 aliphatic carbocycles. The number of halogens is 2. The Hall–Kier alpha value is -0.860. The fourth-order valence-corrected chi connectivity index (χ4v) is 2.98. The van der Waals surface area contributed by atoms with E-state index in [2.05, 4.69) is 4.72 Å². The van der Waals surface area contributed by atoms with E-state index in [0.717, 1.165) is 6.07 Å². The second-order valence-corrected chi connectivity index (χ2v) is 6.40. The standard InChI is InChI=1S/C11H13Cl2NO5S/c1-19-5-4-10(11(15)16)14-20(17,18)7-2-3-8(12)9(13)6-7/h2-3,6,10,14H,4-5H2,1H3,(H,15,16). The first-order valence-electron chi connectivity index (χ1n) is 5.47. The number of rotatable bonds is 7. The minimum atomic E-state index is -4.00. The monoisotopic (exact) mass is 341 g/mol. The zero-order chi connectivity index (χ0) is 15.3. The largest absolute Gasteiger partial charge is 0.480 e. The Bertz CT molecular complexity index is 590. The molecule has 9 heteroatoms. The molecule has 0 aromatic heterocycles. The third kappa shape index (κ3) is 4.60. The van der Waals surface area contributed by atoms with E-state index in [4.69, 9.17) is 33.0 Å². The molecule has 0 saturated carbocycles. The number of carboxylic acid groups (broad SMARTS) is 1. The molecule has 1 atom stereocenters. The molecular weight excluding hydrogens is 329 g/mol. The Morgan fingerprint density at radius 3 is 2.55 bits per heavy atom. The van der Waals surface area contributed by atoms with E-state index < -0.39 is 22.0 Å². The van der Waals surface area contributed by atoms with Crippen LogP contribution < -0.4 is 4.72 Å². The number of carbonyl (C=O) groups is 1. The molecule has 0 aliphatic rings. The molecule has 6 nitrogen and oxygen atoms in total. The smallest absolute Gasteiger partial charge is 0.321 e. The predicted molar refractivity (Wildman–Crippen MR) is 74.7 cm³/mol. The summed E-state index contributed by atoms with van der Waals surface area (Å²) in [6, 6.07) is 2.44. The van der Waals surface area contributed by atoms with Crippen molar-refractivity contribution >= 4 is 39.2 Å². The lowest BCUT2D eigenvalue weighted by atomic mass is 10.2. The first-order chi connectivity index (χ1) is 9.27. The number of hydrogen-bond donors (Lipinski definition) is 2. The van der Waals surface area contributed by atoms with E-state index in [-0.39, 0.29) is 28.0 Å². The van der Waals surface area contributed by atoms with Crippen molar-refractivity contribution < 1.29 is 23.1 Å². The van der Waals surface area contributed by atoms with E-state index in [0.29, 0.717) is 0 Å². The van der Waals surface area contributed by atoms with Crippen molar-refractivity contribution in [2.45, 2.75) is 17.4 Å². The number of aliphatic carboxylic acids is 1. The minimum absolute atomic E-state index is 0.00633. The topological polar surface area (TPSA) is 92.7 Å². The first-order valence-corrected chi connectivity index (χ1v) is 7.71. The van der Waals surface area contributed by atoms with Crippen LogP contribution in [0.25, 0.3) is 0 Å². The second kappa shape index (κ2) is 7.24. The van der Waals surface area contributed by atoms with Crippen molar-refractivity contribution in [3.05, 3.63) is 28.2 Å². The predicted octanol–water partition coefficient (Wildman–Crippen LogP) is 1.76. The number of nitrogens with one attached hydrogen (secondary N) is 1. The maximum atomic E-state index is 12.1. The van der Waals surface area contributed by atoms with Gasteiger partial charge in [-0.25, -0.2) is 8.42 Å². The van der Waals surface area contributed by atoms with Crippen LogP contribution in [0.3, 0.4) is 0 Å². The van der Waals surface area contributed by atoms with Crippen LogP contribution in [0.1, 0.15) is 6.42 Å². The summed E-state index contributed by atoms with van der Waals surface area (Å²) in [6.07, 6.45) is 0.00633. The normalized spacial score (nSPS) is 13.2. The van der Waals surface area contributed by atoms with Crippen LogP contribution >= 0.6 is 23.2 Å². The highest BCUT2D eigenvalue weighted by Gasteiger charge is 2.25. The SMILES string of the molecule is COCCC(NS(=O)(=O)c1ccc(Cl)c(Cl)c1)C(=O)O. The van der Waals surface area contributed by atoms with Crippen LogP contribution in [0.4, 0.5) is 0 Å². The van der Waals surface area contributed by atoms with Gasteiger partial charge >= 0.3 is 5.97 Å². The number of methoxy groups -OCH3 is 1. The van der Waals surface area contributed by atoms with Gasteiger partial charge in [0.25, 0.3) is 0 Å². The molecule has 1 unspecified atom stereocenters. The van der Waals surface area contributed by atoms with Gasteiger partial charge in [-0.1, -0.05) is 23.2 Å². The highest BCUT2D eigenvalue weighted by molar-refractivity contribution is 7.89. The summed E-state index contributed by atoms with van der Waals surface area (Å²) >= 11 is 11.4. The van der Waals surface area contributed by atoms with Crippen molar-refractivity contribution in [2.75, 3.05) is 13.7 Å². The first kappa shape index (κ1) is 17.2. The van der Waals surface area contributed by atoms with E-state index in [9.17, 15) is 13.2 Å². The van der Waals surface area contributed by atoms with Crippen molar-refractivity contribution in [3.8, 4) is 0 Å². The molecule has 0 amide bonds. The highest BCUT2D eigenvalue weighted by Crippen LogP contribution is 2.24. The lowest BCUT2D eigenvalue weighted by Crippen LogP contribution is -2.41. The Morgan fingerprint density at radius 2 is 2.05 bits per heavy atom. The highest BCUT2D eigenvalue weighted by atomic mass is 35.5. The third-order valence-corrected chi connectivity index (χ3v) is 4.62. The van der Waals surface area contributed by atoms with E-state index in [1.165, 1.54) is 19.2 Å². The molecule has 0 fully saturated rings. The van der Waals surface area contributed by atoms with Crippen LogP contribution in [-0.4, -0.2) is 39.3 Å². The van der Waals surface area contributed by atoms with E-state index in [1.54, 1.807) is 0 Å². The molecule has 0 heterocycles. The number of sulfonamides is 1. The number of hydrogen-bond acceptors (Lipinski definition) is 4. The van der Waals surface area contributed by atoms with Gasteiger partial charge in [0.1, 0.15) is 6.04 Å². The fraction of sp³-hybridized carbons (Fsp3) is 0.364. The van der Waals surface area contributed by atoms with Gasteiger partial charge in [-0.3, -0.25) is 4.79 Å². The summed E-state index contributed by atoms with van der Waals surface area (Å²) in [7, 11) is -2.61. The summed E-state index contributed by atoms with van der Waals surface area (Å²) in [4.78, 5) is 10.8. The van der Waals surface area contributed by atoms with Crippen molar-refractivity contribution in [1.29, 1.82) is 0 Å². The molecule has 0 radical (unpaired) electrons. The van der Waals surface area contributed by atoms with Crippen LogP contribution in [0.2, 0.25) is 10.0 Å². The van der Waals surface area contributed by atoms with Gasteiger partial charge in [0.15, 0.2) is 0 Å². The van der Waals surface area contributed by atoms with Crippen molar-refractivity contribution in [1.82, 2.24) is 4.72 Å². The molecule has 0 saturated heterocycles. The van der Waals surface area contributed by atoms with Gasteiger partial charge in [-0.05, 0) is 24.6 Å². The van der Waals surface area contributed by atoms with E-state index in [1.807, 2.05) is 0 Å². The Balaban J connectivity index is 2.97. The Morgan fingerprint density at radius 1 is 1.40 bits per heavy atom. The summed E-state index contributed by atoms with van der Waals surface area (Å²) in [5, 5.41) is 9.26. The average molecular weight is 342 g/mol. The summed E-state index contributed by atoms with van der Waals surface area (Å²) in [6.45, 7) is 0.112. The van der Waals surface area contributed by atoms with Crippen LogP contribution in [-0.2, 0) is 19.6 Å². The van der Waals surface area contributed by atoms with Crippen LogP contribution in [0.15, 0.2) is 23.1 Å². The molecule has 0 spiro atoms. The molecular formula is C11H13Cl2NO5S. The number of ether oxygens (including phenoxy) is 1. The Kier molecular flexibility index (Phi) is 6.22. The lowest BCUT2D eigenvalue weighted by Gasteiger charge is -2.14. The van der Waals surface area contributed by atoms with Gasteiger partial charge in [-0.15, -0.1) is 0 Å². The molecule has 1 rings (SSSR count). The maximum Gasteiger partial charge on any atom is 0.321 e. The summed E-state index contributed by atoms with van der Waals surface area (Å²) < 4.78 is 30.9. The molecule has 0 aliphatic heterocycles. The summed E-state index contributed by atoms with van der Waals surface area (Å²) in [5.74, 6) is -1.29. The maximum absolute atomic E-state index is 12.1. The van der Waals surface area contributed by atoms with Gasteiger partial charge in [0.05, 0.1) is 14.9 Å². The fourth-order valence-electron chi connectivity index (χ4n) is 1.37. The average Bonchev–Trinajstić information content (AvgIpc) is 2.37. The third-order valence-electron chi connectivity index (χ3n) is 2.41. The molecule has 20 heavy (non-hydrogen) atoms. The minimum Gasteiger partial charge on any atom is -0.480 e. The molecule has 1 aromatic carbocycles. The van der Waals surface area contributed by atoms with Crippen LogP contribution in [0.5, 0.6) is 0 Å².